The molecule has 0 saturated carbocycles. The average molecular weight is 314 g/mol. The van der Waals surface area contributed by atoms with Gasteiger partial charge in [0.25, 0.3) is 5.69 Å². The van der Waals surface area contributed by atoms with Crippen LogP contribution in [-0.4, -0.2) is 24.3 Å². The number of benzene rings is 2. The summed E-state index contributed by atoms with van der Waals surface area (Å²) >= 11 is 0. The quantitative estimate of drug-likeness (QED) is 0.500. The van der Waals surface area contributed by atoms with Crippen molar-refractivity contribution in [2.45, 2.75) is 0 Å². The maximum absolute atomic E-state index is 11.0. The molecule has 0 aliphatic carbocycles. The van der Waals surface area contributed by atoms with Crippen molar-refractivity contribution in [3.63, 3.8) is 0 Å². The molecule has 8 nitrogen and oxygen atoms in total. The molecule has 0 aliphatic heterocycles. The molecule has 2 aromatic rings. The summed E-state index contributed by atoms with van der Waals surface area (Å²) in [5.41, 5.74) is 4.85. The number of carbonyl (C=O) groups is 1. The average Bonchev–Trinajstić information content (AvgIpc) is 2.57. The minimum Gasteiger partial charge on any atom is -0.453 e. The lowest BCUT2D eigenvalue weighted by Crippen LogP contribution is -2.10. The molecule has 0 atom stereocenters. The van der Waals surface area contributed by atoms with E-state index in [0.717, 1.165) is 5.56 Å². The zero-order valence-corrected chi connectivity index (χ0v) is 12.2. The number of nitro groups is 1. The first-order valence-corrected chi connectivity index (χ1v) is 6.57. The maximum Gasteiger partial charge on any atom is 0.411 e. The molecule has 0 aliphatic rings. The van der Waals surface area contributed by atoms with Gasteiger partial charge in [0.1, 0.15) is 0 Å². The summed E-state index contributed by atoms with van der Waals surface area (Å²) in [6.07, 6.45) is 1.05. The van der Waals surface area contributed by atoms with Crippen LogP contribution < -0.4 is 10.7 Å². The van der Waals surface area contributed by atoms with Gasteiger partial charge in [0, 0.05) is 17.8 Å². The minimum atomic E-state index is -0.536. The van der Waals surface area contributed by atoms with Gasteiger partial charge in [0.2, 0.25) is 0 Å². The third-order valence-corrected chi connectivity index (χ3v) is 2.83. The second-order valence-corrected chi connectivity index (χ2v) is 4.41. The number of rotatable bonds is 5. The van der Waals surface area contributed by atoms with Gasteiger partial charge in [-0.1, -0.05) is 12.1 Å². The second kappa shape index (κ2) is 7.55. The highest BCUT2D eigenvalue weighted by molar-refractivity contribution is 5.86. The summed E-state index contributed by atoms with van der Waals surface area (Å²) in [5, 5.41) is 17.1. The van der Waals surface area contributed by atoms with E-state index in [1.807, 2.05) is 0 Å². The molecule has 23 heavy (non-hydrogen) atoms. The fourth-order valence-electron chi connectivity index (χ4n) is 1.66. The molecular weight excluding hydrogens is 300 g/mol. The van der Waals surface area contributed by atoms with E-state index in [0.29, 0.717) is 11.4 Å². The molecule has 1 amide bonds. The molecular formula is C15H14N4O4. The Morgan fingerprint density at radius 3 is 2.30 bits per heavy atom. The van der Waals surface area contributed by atoms with Gasteiger partial charge in [-0.25, -0.2) is 4.79 Å². The van der Waals surface area contributed by atoms with Gasteiger partial charge in [-0.15, -0.1) is 0 Å². The van der Waals surface area contributed by atoms with Gasteiger partial charge < -0.3 is 4.74 Å². The number of nitrogens with zero attached hydrogens (tertiary/aromatic N) is 2. The van der Waals surface area contributed by atoms with E-state index in [2.05, 4.69) is 20.6 Å². The number of ether oxygens (including phenoxy) is 1. The van der Waals surface area contributed by atoms with Gasteiger partial charge in [0.05, 0.1) is 23.9 Å². The molecule has 2 rings (SSSR count). The first-order chi connectivity index (χ1) is 11.1. The highest BCUT2D eigenvalue weighted by Crippen LogP contribution is 2.15. The van der Waals surface area contributed by atoms with Crippen molar-refractivity contribution in [1.82, 2.24) is 0 Å². The van der Waals surface area contributed by atoms with E-state index in [4.69, 9.17) is 0 Å². The summed E-state index contributed by atoms with van der Waals surface area (Å²) in [6.45, 7) is 0. The molecule has 0 fully saturated rings. The lowest BCUT2D eigenvalue weighted by molar-refractivity contribution is -0.384. The first-order valence-electron chi connectivity index (χ1n) is 6.57. The molecule has 0 radical (unpaired) electrons. The number of non-ortho nitro benzene ring substituents is 1. The van der Waals surface area contributed by atoms with Crippen molar-refractivity contribution in [2.24, 2.45) is 5.10 Å². The third-order valence-electron chi connectivity index (χ3n) is 2.83. The number of hydrazone groups is 1. The summed E-state index contributed by atoms with van der Waals surface area (Å²) in [4.78, 5) is 21.1. The molecule has 0 saturated heterocycles. The highest BCUT2D eigenvalue weighted by Gasteiger charge is 2.03. The van der Waals surface area contributed by atoms with Crippen LogP contribution in [0.3, 0.4) is 0 Å². The van der Waals surface area contributed by atoms with Crippen LogP contribution in [0, 0.1) is 10.1 Å². The molecule has 0 spiro atoms. The van der Waals surface area contributed by atoms with Crippen LogP contribution in [0.5, 0.6) is 0 Å². The Hall–Kier alpha value is -3.42. The predicted octanol–water partition coefficient (Wildman–Crippen LogP) is 3.22. The fraction of sp³-hybridized carbons (Fsp3) is 0.0667. The SMILES string of the molecule is COC(=O)Nc1ccc(C=NNc2ccc([N+](=O)[O-])cc2)cc1. The van der Waals surface area contributed by atoms with Crippen molar-refractivity contribution in [1.29, 1.82) is 0 Å². The molecule has 118 valence electrons. The highest BCUT2D eigenvalue weighted by atomic mass is 16.6. The van der Waals surface area contributed by atoms with Crippen LogP contribution in [0.1, 0.15) is 5.56 Å². The number of carbonyl (C=O) groups excluding carboxylic acids is 1. The Kier molecular flexibility index (Phi) is 5.24. The number of nitrogens with one attached hydrogen (secondary N) is 2. The molecule has 8 heteroatoms. The van der Waals surface area contributed by atoms with Crippen molar-refractivity contribution in [2.75, 3.05) is 17.9 Å². The zero-order chi connectivity index (χ0) is 16.7. The molecule has 0 unspecified atom stereocenters. The van der Waals surface area contributed by atoms with Crippen LogP contribution in [0.4, 0.5) is 21.9 Å². The van der Waals surface area contributed by atoms with E-state index in [1.165, 1.54) is 19.2 Å². The number of hydrogen-bond acceptors (Lipinski definition) is 6. The maximum atomic E-state index is 11.0. The van der Waals surface area contributed by atoms with Gasteiger partial charge in [-0.3, -0.25) is 20.9 Å². The second-order valence-electron chi connectivity index (χ2n) is 4.41. The van der Waals surface area contributed by atoms with E-state index in [9.17, 15) is 14.9 Å². The third kappa shape index (κ3) is 4.81. The number of anilines is 2. The number of amides is 1. The van der Waals surface area contributed by atoms with E-state index in [-0.39, 0.29) is 5.69 Å². The van der Waals surface area contributed by atoms with Crippen LogP contribution in [-0.2, 0) is 4.74 Å². The molecule has 0 bridgehead atoms. The topological polar surface area (TPSA) is 106 Å². The normalized spacial score (nSPS) is 10.3. The Balaban J connectivity index is 1.92. The molecule has 0 heterocycles. The van der Waals surface area contributed by atoms with E-state index < -0.39 is 11.0 Å². The summed E-state index contributed by atoms with van der Waals surface area (Å²) in [5.74, 6) is 0. The number of methoxy groups -OCH3 is 1. The Bertz CT molecular complexity index is 711. The largest absolute Gasteiger partial charge is 0.453 e. The van der Waals surface area contributed by atoms with Crippen molar-refractivity contribution in [3.8, 4) is 0 Å². The Morgan fingerprint density at radius 1 is 1.13 bits per heavy atom. The minimum absolute atomic E-state index is 0.0215. The standard InChI is InChI=1S/C15H14N4O4/c1-23-15(20)17-12-4-2-11(3-5-12)10-16-18-13-6-8-14(9-7-13)19(21)22/h2-10,18H,1H3,(H,17,20). The monoisotopic (exact) mass is 314 g/mol. The van der Waals surface area contributed by atoms with Crippen LogP contribution in [0.2, 0.25) is 0 Å². The smallest absolute Gasteiger partial charge is 0.411 e. The van der Waals surface area contributed by atoms with E-state index in [1.54, 1.807) is 42.6 Å². The molecule has 2 aromatic carbocycles. The number of nitro benzene ring substituents is 1. The van der Waals surface area contributed by atoms with Gasteiger partial charge in [0.15, 0.2) is 0 Å². The predicted molar refractivity (Wildman–Crippen MR) is 86.8 cm³/mol. The molecule has 2 N–H and O–H groups in total. The summed E-state index contributed by atoms with van der Waals surface area (Å²) in [7, 11) is 1.29. The van der Waals surface area contributed by atoms with Gasteiger partial charge >= 0.3 is 6.09 Å². The lowest BCUT2D eigenvalue weighted by Gasteiger charge is -2.03. The molecule has 0 aromatic heterocycles. The van der Waals surface area contributed by atoms with E-state index >= 15 is 0 Å². The summed E-state index contributed by atoms with van der Waals surface area (Å²) < 4.78 is 4.49. The van der Waals surface area contributed by atoms with Gasteiger partial charge in [-0.05, 0) is 29.8 Å². The lowest BCUT2D eigenvalue weighted by atomic mass is 10.2. The first kappa shape index (κ1) is 16.0. The fourth-order valence-corrected chi connectivity index (χ4v) is 1.66. The Labute approximate surface area is 131 Å². The van der Waals surface area contributed by atoms with Gasteiger partial charge in [-0.2, -0.15) is 5.10 Å². The van der Waals surface area contributed by atoms with Crippen LogP contribution >= 0.6 is 0 Å². The van der Waals surface area contributed by atoms with Crippen molar-refractivity contribution < 1.29 is 14.5 Å². The van der Waals surface area contributed by atoms with Crippen LogP contribution in [0.25, 0.3) is 0 Å². The zero-order valence-electron chi connectivity index (χ0n) is 12.2. The number of hydrogen-bond donors (Lipinski definition) is 2. The Morgan fingerprint density at radius 2 is 1.74 bits per heavy atom. The van der Waals surface area contributed by atoms with Crippen LogP contribution in [0.15, 0.2) is 53.6 Å². The van der Waals surface area contributed by atoms with Crippen molar-refractivity contribution >= 4 is 29.4 Å². The van der Waals surface area contributed by atoms with Crippen molar-refractivity contribution in [3.05, 3.63) is 64.2 Å². The summed E-state index contributed by atoms with van der Waals surface area (Å²) in [6, 6.07) is 12.9.